The van der Waals surface area contributed by atoms with Gasteiger partial charge in [-0.25, -0.2) is 0 Å². The minimum Gasteiger partial charge on any atom is -0.351 e. The highest BCUT2D eigenvalue weighted by atomic mass is 16.2. The van der Waals surface area contributed by atoms with Crippen LogP contribution in [0.4, 0.5) is 0 Å². The SMILES string of the molecule is CCN1CCCC(NC(=O)CNCC2CC2)C1. The van der Waals surface area contributed by atoms with Crippen molar-refractivity contribution < 1.29 is 4.79 Å². The first kappa shape index (κ1) is 12.8. The first-order valence-corrected chi connectivity index (χ1v) is 7.00. The summed E-state index contributed by atoms with van der Waals surface area (Å²) in [6.07, 6.45) is 5.00. The van der Waals surface area contributed by atoms with Gasteiger partial charge in [0.2, 0.25) is 5.91 Å². The maximum Gasteiger partial charge on any atom is 0.234 e. The lowest BCUT2D eigenvalue weighted by molar-refractivity contribution is -0.121. The molecule has 1 saturated carbocycles. The van der Waals surface area contributed by atoms with E-state index < -0.39 is 0 Å². The Labute approximate surface area is 104 Å². The van der Waals surface area contributed by atoms with E-state index in [-0.39, 0.29) is 5.91 Å². The number of nitrogens with one attached hydrogen (secondary N) is 2. The first-order valence-electron chi connectivity index (χ1n) is 7.00. The predicted molar refractivity (Wildman–Crippen MR) is 68.9 cm³/mol. The fourth-order valence-electron chi connectivity index (χ4n) is 2.45. The summed E-state index contributed by atoms with van der Waals surface area (Å²) in [6, 6.07) is 0.360. The van der Waals surface area contributed by atoms with E-state index in [2.05, 4.69) is 22.5 Å². The highest BCUT2D eigenvalue weighted by Crippen LogP contribution is 2.27. The van der Waals surface area contributed by atoms with E-state index in [0.717, 1.165) is 32.0 Å². The van der Waals surface area contributed by atoms with E-state index >= 15 is 0 Å². The lowest BCUT2D eigenvalue weighted by Gasteiger charge is -2.32. The third-order valence-corrected chi connectivity index (χ3v) is 3.73. The number of carbonyl (C=O) groups excluding carboxylic acids is 1. The van der Waals surface area contributed by atoms with Gasteiger partial charge in [-0.2, -0.15) is 0 Å². The van der Waals surface area contributed by atoms with E-state index in [9.17, 15) is 4.79 Å². The molecule has 0 aromatic rings. The average Bonchev–Trinajstić information content (AvgIpc) is 3.13. The van der Waals surface area contributed by atoms with Gasteiger partial charge >= 0.3 is 0 Å². The van der Waals surface area contributed by atoms with Crippen molar-refractivity contribution in [3.05, 3.63) is 0 Å². The molecular weight excluding hydrogens is 214 g/mol. The van der Waals surface area contributed by atoms with Gasteiger partial charge in [0.15, 0.2) is 0 Å². The largest absolute Gasteiger partial charge is 0.351 e. The predicted octanol–water partition coefficient (Wildman–Crippen LogP) is 0.587. The van der Waals surface area contributed by atoms with Gasteiger partial charge in [-0.05, 0) is 51.2 Å². The Morgan fingerprint density at radius 2 is 2.18 bits per heavy atom. The van der Waals surface area contributed by atoms with Gasteiger partial charge in [0.05, 0.1) is 6.54 Å². The monoisotopic (exact) mass is 239 g/mol. The zero-order chi connectivity index (χ0) is 12.1. The minimum atomic E-state index is 0.161. The van der Waals surface area contributed by atoms with E-state index in [4.69, 9.17) is 0 Å². The summed E-state index contributed by atoms with van der Waals surface area (Å²) >= 11 is 0. The number of likely N-dealkylation sites (N-methyl/N-ethyl adjacent to an activating group) is 1. The molecule has 1 unspecified atom stereocenters. The van der Waals surface area contributed by atoms with Gasteiger partial charge < -0.3 is 15.5 Å². The first-order chi connectivity index (χ1) is 8.28. The van der Waals surface area contributed by atoms with Crippen molar-refractivity contribution >= 4 is 5.91 Å². The van der Waals surface area contributed by atoms with Crippen LogP contribution in [0.5, 0.6) is 0 Å². The van der Waals surface area contributed by atoms with Crippen LogP contribution in [-0.4, -0.2) is 49.6 Å². The molecule has 4 heteroatoms. The molecule has 98 valence electrons. The lowest BCUT2D eigenvalue weighted by Crippen LogP contribution is -2.49. The quantitative estimate of drug-likeness (QED) is 0.713. The maximum absolute atomic E-state index is 11.7. The molecule has 1 aliphatic heterocycles. The fourth-order valence-corrected chi connectivity index (χ4v) is 2.45. The second kappa shape index (κ2) is 6.36. The number of likely N-dealkylation sites (tertiary alicyclic amines) is 1. The van der Waals surface area contributed by atoms with Crippen molar-refractivity contribution in [1.82, 2.24) is 15.5 Å². The smallest absolute Gasteiger partial charge is 0.234 e. The number of piperidine rings is 1. The molecular formula is C13H25N3O. The molecule has 0 radical (unpaired) electrons. The van der Waals surface area contributed by atoms with Crippen molar-refractivity contribution in [1.29, 1.82) is 0 Å². The van der Waals surface area contributed by atoms with Crippen LogP contribution in [-0.2, 0) is 4.79 Å². The summed E-state index contributed by atoms with van der Waals surface area (Å²) < 4.78 is 0. The zero-order valence-corrected chi connectivity index (χ0v) is 10.9. The van der Waals surface area contributed by atoms with Crippen LogP contribution in [0, 0.1) is 5.92 Å². The molecule has 4 nitrogen and oxygen atoms in total. The molecule has 2 fully saturated rings. The fraction of sp³-hybridized carbons (Fsp3) is 0.923. The second-order valence-electron chi connectivity index (χ2n) is 5.37. The van der Waals surface area contributed by atoms with Crippen molar-refractivity contribution in [3.8, 4) is 0 Å². The number of hydrogen-bond acceptors (Lipinski definition) is 3. The molecule has 2 N–H and O–H groups in total. The summed E-state index contributed by atoms with van der Waals surface area (Å²) in [5.74, 6) is 1.00. The van der Waals surface area contributed by atoms with Crippen LogP contribution < -0.4 is 10.6 Å². The summed E-state index contributed by atoms with van der Waals surface area (Å²) in [4.78, 5) is 14.1. The standard InChI is InChI=1S/C13H25N3O/c1-2-16-7-3-4-12(10-16)15-13(17)9-14-8-11-5-6-11/h11-12,14H,2-10H2,1H3,(H,15,17). The summed E-state index contributed by atoms with van der Waals surface area (Å²) in [5, 5.41) is 6.37. The van der Waals surface area contributed by atoms with Crippen LogP contribution in [0.3, 0.4) is 0 Å². The molecule has 0 aromatic heterocycles. The molecule has 0 bridgehead atoms. The summed E-state index contributed by atoms with van der Waals surface area (Å²) in [6.45, 7) is 6.97. The second-order valence-corrected chi connectivity index (χ2v) is 5.37. The Kier molecular flexibility index (Phi) is 4.80. The number of carbonyl (C=O) groups is 1. The van der Waals surface area contributed by atoms with Crippen molar-refractivity contribution in [2.24, 2.45) is 5.92 Å². The Bertz CT molecular complexity index is 253. The number of nitrogens with zero attached hydrogens (tertiary/aromatic N) is 1. The molecule has 0 aromatic carbocycles. The van der Waals surface area contributed by atoms with Crippen molar-refractivity contribution in [3.63, 3.8) is 0 Å². The molecule has 1 aliphatic carbocycles. The molecule has 1 amide bonds. The van der Waals surface area contributed by atoms with Crippen LogP contribution in [0.1, 0.15) is 32.6 Å². The Hall–Kier alpha value is -0.610. The highest BCUT2D eigenvalue weighted by Gasteiger charge is 2.22. The molecule has 1 saturated heterocycles. The van der Waals surface area contributed by atoms with Crippen LogP contribution in [0.15, 0.2) is 0 Å². The molecule has 0 spiro atoms. The van der Waals surface area contributed by atoms with Gasteiger partial charge in [0.25, 0.3) is 0 Å². The Morgan fingerprint density at radius 3 is 2.88 bits per heavy atom. The third-order valence-electron chi connectivity index (χ3n) is 3.73. The number of rotatable bonds is 6. The van der Waals surface area contributed by atoms with Gasteiger partial charge in [-0.3, -0.25) is 4.79 Å². The lowest BCUT2D eigenvalue weighted by atomic mass is 10.1. The number of amides is 1. The Morgan fingerprint density at radius 1 is 1.35 bits per heavy atom. The van der Waals surface area contributed by atoms with E-state index in [1.165, 1.54) is 25.8 Å². The third kappa shape index (κ3) is 4.64. The van der Waals surface area contributed by atoms with E-state index in [0.29, 0.717) is 12.6 Å². The molecule has 17 heavy (non-hydrogen) atoms. The minimum absolute atomic E-state index is 0.161. The zero-order valence-electron chi connectivity index (χ0n) is 10.9. The van der Waals surface area contributed by atoms with Gasteiger partial charge in [-0.15, -0.1) is 0 Å². The van der Waals surface area contributed by atoms with Crippen molar-refractivity contribution in [2.45, 2.75) is 38.6 Å². The van der Waals surface area contributed by atoms with Gasteiger partial charge in [0.1, 0.15) is 0 Å². The highest BCUT2D eigenvalue weighted by molar-refractivity contribution is 5.78. The molecule has 1 heterocycles. The normalized spacial score (nSPS) is 25.8. The average molecular weight is 239 g/mol. The van der Waals surface area contributed by atoms with Crippen LogP contribution in [0.2, 0.25) is 0 Å². The molecule has 1 atom stereocenters. The van der Waals surface area contributed by atoms with E-state index in [1.807, 2.05) is 0 Å². The molecule has 2 rings (SSSR count). The van der Waals surface area contributed by atoms with Crippen LogP contribution in [0.25, 0.3) is 0 Å². The van der Waals surface area contributed by atoms with Gasteiger partial charge in [-0.1, -0.05) is 6.92 Å². The van der Waals surface area contributed by atoms with Crippen LogP contribution >= 0.6 is 0 Å². The number of hydrogen-bond donors (Lipinski definition) is 2. The maximum atomic E-state index is 11.7. The van der Waals surface area contributed by atoms with Gasteiger partial charge in [0, 0.05) is 12.6 Å². The molecule has 2 aliphatic rings. The summed E-state index contributed by atoms with van der Waals surface area (Å²) in [7, 11) is 0. The summed E-state index contributed by atoms with van der Waals surface area (Å²) in [5.41, 5.74) is 0. The topological polar surface area (TPSA) is 44.4 Å². The van der Waals surface area contributed by atoms with E-state index in [1.54, 1.807) is 0 Å². The van der Waals surface area contributed by atoms with Crippen molar-refractivity contribution in [2.75, 3.05) is 32.7 Å². The Balaban J connectivity index is 1.59.